The first-order valence-corrected chi connectivity index (χ1v) is 15.4. The number of alkyl halides is 2. The minimum atomic E-state index is -4.64. The third-order valence-corrected chi connectivity index (χ3v) is 7.77. The van der Waals surface area contributed by atoms with Crippen molar-refractivity contribution >= 4 is 0 Å². The van der Waals surface area contributed by atoms with Crippen LogP contribution < -0.4 is 4.74 Å². The second-order valence-corrected chi connectivity index (χ2v) is 11.3. The topological polar surface area (TPSA) is 36.9 Å². The molecule has 0 unspecified atom stereocenters. The molecule has 1 aliphatic heterocycles. The number of rotatable bonds is 12. The van der Waals surface area contributed by atoms with E-state index < -0.39 is 58.6 Å². The van der Waals surface area contributed by atoms with Crippen LogP contribution in [0.4, 0.5) is 35.1 Å². The van der Waals surface area contributed by atoms with E-state index in [1.54, 1.807) is 6.92 Å². The molecular formula is C36H32F8O4. The summed E-state index contributed by atoms with van der Waals surface area (Å²) in [6.45, 7) is 4.75. The van der Waals surface area contributed by atoms with Gasteiger partial charge in [0.2, 0.25) is 0 Å². The molecular weight excluding hydrogens is 648 g/mol. The Labute approximate surface area is 272 Å². The lowest BCUT2D eigenvalue weighted by Gasteiger charge is -2.29. The Balaban J connectivity index is 1.31. The molecule has 1 fully saturated rings. The summed E-state index contributed by atoms with van der Waals surface area (Å²) >= 11 is 0. The van der Waals surface area contributed by atoms with Crippen LogP contribution >= 0.6 is 0 Å². The van der Waals surface area contributed by atoms with Gasteiger partial charge >= 0.3 is 6.11 Å². The first-order chi connectivity index (χ1) is 22.9. The summed E-state index contributed by atoms with van der Waals surface area (Å²) in [6, 6.07) is 8.88. The number of unbranched alkanes of at least 4 members (excludes halogenated alkanes) is 1. The molecule has 0 radical (unpaired) electrons. The summed E-state index contributed by atoms with van der Waals surface area (Å²) in [4.78, 5) is 0. The Hall–Kier alpha value is -4.00. The third kappa shape index (κ3) is 7.82. The molecule has 4 aromatic carbocycles. The van der Waals surface area contributed by atoms with Gasteiger partial charge in [-0.3, -0.25) is 0 Å². The number of halogens is 8. The highest BCUT2D eigenvalue weighted by molar-refractivity contribution is 5.67. The van der Waals surface area contributed by atoms with Crippen LogP contribution in [-0.4, -0.2) is 25.9 Å². The predicted molar refractivity (Wildman–Crippen MR) is 161 cm³/mol. The van der Waals surface area contributed by atoms with Gasteiger partial charge in [0.05, 0.1) is 13.2 Å². The van der Waals surface area contributed by atoms with Crippen molar-refractivity contribution in [2.45, 2.75) is 58.0 Å². The maximum atomic E-state index is 15.1. The van der Waals surface area contributed by atoms with Crippen LogP contribution in [0.15, 0.2) is 60.7 Å². The van der Waals surface area contributed by atoms with E-state index in [0.717, 1.165) is 43.2 Å². The van der Waals surface area contributed by atoms with Crippen molar-refractivity contribution < 1.29 is 54.1 Å². The lowest BCUT2D eigenvalue weighted by molar-refractivity contribution is -0.230. The van der Waals surface area contributed by atoms with Gasteiger partial charge in [-0.2, -0.15) is 8.78 Å². The Morgan fingerprint density at radius 3 is 1.79 bits per heavy atom. The Kier molecular flexibility index (Phi) is 11.1. The Morgan fingerprint density at radius 1 is 0.688 bits per heavy atom. The molecule has 0 saturated carbocycles. The molecule has 0 aliphatic carbocycles. The van der Waals surface area contributed by atoms with E-state index in [-0.39, 0.29) is 53.6 Å². The molecule has 0 aromatic heterocycles. The van der Waals surface area contributed by atoms with E-state index in [9.17, 15) is 13.2 Å². The van der Waals surface area contributed by atoms with Crippen LogP contribution in [0.1, 0.15) is 56.1 Å². The van der Waals surface area contributed by atoms with Crippen LogP contribution in [0, 0.1) is 34.9 Å². The molecule has 256 valence electrons. The molecule has 1 heterocycles. The van der Waals surface area contributed by atoms with Gasteiger partial charge in [-0.15, -0.1) is 0 Å². The van der Waals surface area contributed by atoms with Gasteiger partial charge in [-0.1, -0.05) is 38.8 Å². The summed E-state index contributed by atoms with van der Waals surface area (Å²) in [5, 5.41) is 0. The van der Waals surface area contributed by atoms with Crippen molar-refractivity contribution in [1.29, 1.82) is 0 Å². The Morgan fingerprint density at radius 2 is 1.25 bits per heavy atom. The fourth-order valence-corrected chi connectivity index (χ4v) is 5.33. The van der Waals surface area contributed by atoms with Crippen molar-refractivity contribution in [1.82, 2.24) is 0 Å². The van der Waals surface area contributed by atoms with Crippen molar-refractivity contribution in [3.63, 3.8) is 0 Å². The lowest BCUT2D eigenvalue weighted by Crippen LogP contribution is -2.33. The zero-order chi connectivity index (χ0) is 34.6. The standard InChI is InChI=1S/C36H32F8O4/c1-3-5-11-45-24-18-46-35(47-19-24)20-7-9-25(28(37)12-20)22-15-32(41)34(33(42)16-22)36(43,44)48-23-8-10-26(31(40)17-23)21-13-29(38)27(6-4-2)30(39)14-21/h7-10,12-17,24,35H,3-6,11,18-19H2,1-2H3. The van der Waals surface area contributed by atoms with Gasteiger partial charge in [-0.25, -0.2) is 26.3 Å². The van der Waals surface area contributed by atoms with E-state index in [1.807, 2.05) is 6.92 Å². The SMILES string of the molecule is CCCCOC1COC(c2ccc(-c3cc(F)c(C(F)(F)Oc4ccc(-c5cc(F)c(CCC)c(F)c5)c(F)c4)c(F)c3)c(F)c2)OC1. The van der Waals surface area contributed by atoms with Crippen molar-refractivity contribution in [2.24, 2.45) is 0 Å². The minimum Gasteiger partial charge on any atom is -0.429 e. The predicted octanol–water partition coefficient (Wildman–Crippen LogP) is 10.2. The first-order valence-electron chi connectivity index (χ1n) is 15.4. The van der Waals surface area contributed by atoms with E-state index in [1.165, 1.54) is 12.1 Å². The summed E-state index contributed by atoms with van der Waals surface area (Å²) < 4.78 is 140. The average Bonchev–Trinajstić information content (AvgIpc) is 3.02. The van der Waals surface area contributed by atoms with Gasteiger partial charge in [0.1, 0.15) is 52.3 Å². The molecule has 4 nitrogen and oxygen atoms in total. The smallest absolute Gasteiger partial charge is 0.429 e. The fraction of sp³-hybridized carbons (Fsp3) is 0.333. The van der Waals surface area contributed by atoms with Crippen molar-refractivity contribution in [3.05, 3.63) is 112 Å². The molecule has 12 heteroatoms. The number of ether oxygens (including phenoxy) is 4. The van der Waals surface area contributed by atoms with Crippen LogP contribution in [-0.2, 0) is 26.7 Å². The highest BCUT2D eigenvalue weighted by Crippen LogP contribution is 2.39. The molecule has 0 bridgehead atoms. The van der Waals surface area contributed by atoms with Gasteiger partial charge in [0.25, 0.3) is 0 Å². The highest BCUT2D eigenvalue weighted by atomic mass is 19.3. The fourth-order valence-electron chi connectivity index (χ4n) is 5.33. The molecule has 5 rings (SSSR count). The van der Waals surface area contributed by atoms with Crippen LogP contribution in [0.3, 0.4) is 0 Å². The zero-order valence-corrected chi connectivity index (χ0v) is 26.0. The molecule has 0 N–H and O–H groups in total. The van der Waals surface area contributed by atoms with Crippen LogP contribution in [0.25, 0.3) is 22.3 Å². The maximum Gasteiger partial charge on any atom is 0.432 e. The molecule has 1 saturated heterocycles. The largest absolute Gasteiger partial charge is 0.432 e. The second-order valence-electron chi connectivity index (χ2n) is 11.3. The monoisotopic (exact) mass is 680 g/mol. The molecule has 1 aliphatic rings. The van der Waals surface area contributed by atoms with Crippen LogP contribution in [0.5, 0.6) is 5.75 Å². The van der Waals surface area contributed by atoms with E-state index in [0.29, 0.717) is 36.8 Å². The molecule has 48 heavy (non-hydrogen) atoms. The average molecular weight is 681 g/mol. The van der Waals surface area contributed by atoms with E-state index in [2.05, 4.69) is 4.74 Å². The lowest BCUT2D eigenvalue weighted by atomic mass is 10.00. The number of hydrogen-bond donors (Lipinski definition) is 0. The second kappa shape index (κ2) is 15.0. The highest BCUT2D eigenvalue weighted by Gasteiger charge is 2.41. The minimum absolute atomic E-state index is 0.124. The summed E-state index contributed by atoms with van der Waals surface area (Å²) in [6.07, 6.45) is -3.37. The molecule has 0 spiro atoms. The summed E-state index contributed by atoms with van der Waals surface area (Å²) in [5.41, 5.74) is -2.81. The van der Waals surface area contributed by atoms with Crippen molar-refractivity contribution in [2.75, 3.05) is 19.8 Å². The number of hydrogen-bond acceptors (Lipinski definition) is 4. The van der Waals surface area contributed by atoms with Gasteiger partial charge in [0, 0.05) is 34.9 Å². The molecule has 4 aromatic rings. The summed E-state index contributed by atoms with van der Waals surface area (Å²) in [5.74, 6) is -8.19. The third-order valence-electron chi connectivity index (χ3n) is 7.77. The Bertz CT molecular complexity index is 1710. The van der Waals surface area contributed by atoms with E-state index >= 15 is 22.0 Å². The van der Waals surface area contributed by atoms with Gasteiger partial charge in [0.15, 0.2) is 6.29 Å². The molecule has 0 amide bonds. The molecule has 0 atom stereocenters. The normalized spacial score (nSPS) is 16.7. The summed E-state index contributed by atoms with van der Waals surface area (Å²) in [7, 11) is 0. The van der Waals surface area contributed by atoms with Gasteiger partial charge < -0.3 is 18.9 Å². The van der Waals surface area contributed by atoms with Crippen LogP contribution in [0.2, 0.25) is 0 Å². The quantitative estimate of drug-likeness (QED) is 0.110. The number of benzene rings is 4. The van der Waals surface area contributed by atoms with Crippen molar-refractivity contribution in [3.8, 4) is 28.0 Å². The van der Waals surface area contributed by atoms with E-state index in [4.69, 9.17) is 14.2 Å². The maximum absolute atomic E-state index is 15.1. The zero-order valence-electron chi connectivity index (χ0n) is 26.0. The van der Waals surface area contributed by atoms with Gasteiger partial charge in [-0.05, 0) is 66.4 Å². The first kappa shape index (κ1) is 35.3.